The summed E-state index contributed by atoms with van der Waals surface area (Å²) in [6.45, 7) is 4.91. The molecule has 2 N–H and O–H groups in total. The molecule has 0 saturated carbocycles. The smallest absolute Gasteiger partial charge is 0.191 e. The number of nitrogens with one attached hydrogen (secondary N) is 2. The lowest BCUT2D eigenvalue weighted by molar-refractivity contribution is 0.331. The van der Waals surface area contributed by atoms with Crippen LogP contribution in [-0.2, 0) is 19.6 Å². The standard InChI is InChI=1S/C23H29N7.HI/c1-24-23(27-17-21-9-11-25-22(15-21)30-14-4-10-28-30)26-16-19-5-7-20(8-6-19)18-29-12-2-3-13-29;/h4-11,14-15H,2-3,12-13,16-18H2,1H3,(H2,24,26,27);1H. The molecule has 0 unspecified atom stereocenters. The van der Waals surface area contributed by atoms with Crippen LogP contribution in [0.3, 0.4) is 0 Å². The third kappa shape index (κ3) is 6.76. The molecule has 4 rings (SSSR count). The quantitative estimate of drug-likeness (QED) is 0.278. The molecular formula is C23H30IN7. The average Bonchev–Trinajstić information content (AvgIpc) is 3.50. The van der Waals surface area contributed by atoms with Gasteiger partial charge in [0.15, 0.2) is 11.8 Å². The predicted octanol–water partition coefficient (Wildman–Crippen LogP) is 3.35. The highest BCUT2D eigenvalue weighted by Crippen LogP contribution is 2.13. The summed E-state index contributed by atoms with van der Waals surface area (Å²) in [4.78, 5) is 11.2. The van der Waals surface area contributed by atoms with E-state index in [1.807, 2.05) is 24.4 Å². The van der Waals surface area contributed by atoms with E-state index < -0.39 is 0 Å². The van der Waals surface area contributed by atoms with Gasteiger partial charge in [-0.15, -0.1) is 24.0 Å². The van der Waals surface area contributed by atoms with Crippen LogP contribution in [0.15, 0.2) is 66.0 Å². The molecule has 3 aromatic rings. The summed E-state index contributed by atoms with van der Waals surface area (Å²) < 4.78 is 1.75. The van der Waals surface area contributed by atoms with Gasteiger partial charge in [0, 0.05) is 45.3 Å². The second-order valence-corrected chi connectivity index (χ2v) is 7.55. The Morgan fingerprint density at radius 1 is 0.968 bits per heavy atom. The molecule has 1 aromatic carbocycles. The summed E-state index contributed by atoms with van der Waals surface area (Å²) in [7, 11) is 1.79. The van der Waals surface area contributed by atoms with Crippen molar-refractivity contribution in [3.05, 3.63) is 77.7 Å². The van der Waals surface area contributed by atoms with E-state index in [9.17, 15) is 0 Å². The Morgan fingerprint density at radius 2 is 1.68 bits per heavy atom. The van der Waals surface area contributed by atoms with Gasteiger partial charge in [-0.1, -0.05) is 24.3 Å². The summed E-state index contributed by atoms with van der Waals surface area (Å²) in [5.74, 6) is 1.57. The summed E-state index contributed by atoms with van der Waals surface area (Å²) in [6.07, 6.45) is 8.10. The summed E-state index contributed by atoms with van der Waals surface area (Å²) in [5.41, 5.74) is 3.74. The molecular weight excluding hydrogens is 501 g/mol. The molecule has 31 heavy (non-hydrogen) atoms. The second kappa shape index (κ2) is 11.8. The fourth-order valence-electron chi connectivity index (χ4n) is 3.65. The van der Waals surface area contributed by atoms with Crippen LogP contribution in [0.1, 0.15) is 29.5 Å². The number of halogens is 1. The third-order valence-corrected chi connectivity index (χ3v) is 5.32. The number of rotatable bonds is 7. The first-order valence-electron chi connectivity index (χ1n) is 10.5. The van der Waals surface area contributed by atoms with Gasteiger partial charge < -0.3 is 10.6 Å². The second-order valence-electron chi connectivity index (χ2n) is 7.55. The molecule has 0 radical (unpaired) electrons. The third-order valence-electron chi connectivity index (χ3n) is 5.32. The minimum atomic E-state index is 0. The number of hydrogen-bond donors (Lipinski definition) is 2. The largest absolute Gasteiger partial charge is 0.352 e. The number of likely N-dealkylation sites (tertiary alicyclic amines) is 1. The lowest BCUT2D eigenvalue weighted by Crippen LogP contribution is -2.36. The number of aliphatic imine (C=N–C) groups is 1. The number of aromatic nitrogens is 3. The van der Waals surface area contributed by atoms with E-state index in [0.717, 1.165) is 30.4 Å². The number of hydrogen-bond acceptors (Lipinski definition) is 4. The van der Waals surface area contributed by atoms with E-state index >= 15 is 0 Å². The van der Waals surface area contributed by atoms with Crippen LogP contribution < -0.4 is 10.6 Å². The molecule has 1 aliphatic rings. The highest BCUT2D eigenvalue weighted by molar-refractivity contribution is 14.0. The Bertz CT molecular complexity index is 948. The maximum Gasteiger partial charge on any atom is 0.191 e. The first-order valence-corrected chi connectivity index (χ1v) is 10.5. The maximum atomic E-state index is 4.37. The number of pyridine rings is 1. The van der Waals surface area contributed by atoms with E-state index in [-0.39, 0.29) is 24.0 Å². The average molecular weight is 531 g/mol. The Hall–Kier alpha value is -2.46. The Labute approximate surface area is 201 Å². The lowest BCUT2D eigenvalue weighted by Gasteiger charge is -2.15. The van der Waals surface area contributed by atoms with Gasteiger partial charge in [-0.05, 0) is 60.8 Å². The first-order chi connectivity index (χ1) is 14.8. The molecule has 1 saturated heterocycles. The summed E-state index contributed by atoms with van der Waals surface area (Å²) in [6, 6.07) is 14.8. The molecule has 0 atom stereocenters. The zero-order chi connectivity index (χ0) is 20.6. The number of benzene rings is 1. The van der Waals surface area contributed by atoms with Crippen molar-refractivity contribution < 1.29 is 0 Å². The van der Waals surface area contributed by atoms with Crippen molar-refractivity contribution in [2.75, 3.05) is 20.1 Å². The number of guanidine groups is 1. The summed E-state index contributed by atoms with van der Waals surface area (Å²) in [5, 5.41) is 11.0. The molecule has 1 fully saturated rings. The van der Waals surface area contributed by atoms with Crippen LogP contribution in [0.4, 0.5) is 0 Å². The molecule has 0 spiro atoms. The van der Waals surface area contributed by atoms with Crippen molar-refractivity contribution in [2.24, 2.45) is 4.99 Å². The SMILES string of the molecule is CN=C(NCc1ccc(CN2CCCC2)cc1)NCc1ccnc(-n2cccn2)c1.I. The van der Waals surface area contributed by atoms with Gasteiger partial charge in [0.1, 0.15) is 0 Å². The fourth-order valence-corrected chi connectivity index (χ4v) is 3.65. The predicted molar refractivity (Wildman–Crippen MR) is 135 cm³/mol. The Morgan fingerprint density at radius 3 is 2.35 bits per heavy atom. The van der Waals surface area contributed by atoms with Crippen LogP contribution in [0.2, 0.25) is 0 Å². The van der Waals surface area contributed by atoms with E-state index in [2.05, 4.69) is 54.9 Å². The topological polar surface area (TPSA) is 70.4 Å². The minimum absolute atomic E-state index is 0. The highest BCUT2D eigenvalue weighted by Gasteiger charge is 2.11. The molecule has 0 amide bonds. The fraction of sp³-hybridized carbons (Fsp3) is 0.348. The molecule has 8 heteroatoms. The monoisotopic (exact) mass is 531 g/mol. The van der Waals surface area contributed by atoms with Gasteiger partial charge in [-0.25, -0.2) is 9.67 Å². The molecule has 1 aliphatic heterocycles. The van der Waals surface area contributed by atoms with E-state index in [4.69, 9.17) is 0 Å². The van der Waals surface area contributed by atoms with Crippen molar-refractivity contribution in [1.29, 1.82) is 0 Å². The van der Waals surface area contributed by atoms with Crippen LogP contribution >= 0.6 is 24.0 Å². The van der Waals surface area contributed by atoms with Crippen LogP contribution in [0.25, 0.3) is 5.82 Å². The maximum absolute atomic E-state index is 4.37. The first kappa shape index (κ1) is 23.2. The van der Waals surface area contributed by atoms with E-state index in [1.54, 1.807) is 24.1 Å². The van der Waals surface area contributed by atoms with Crippen molar-refractivity contribution in [3.63, 3.8) is 0 Å². The zero-order valence-corrected chi connectivity index (χ0v) is 20.2. The Balaban J connectivity index is 0.00000272. The molecule has 164 valence electrons. The van der Waals surface area contributed by atoms with Crippen molar-refractivity contribution in [2.45, 2.75) is 32.5 Å². The zero-order valence-electron chi connectivity index (χ0n) is 17.9. The van der Waals surface area contributed by atoms with Crippen LogP contribution in [0, 0.1) is 0 Å². The van der Waals surface area contributed by atoms with Gasteiger partial charge in [0.2, 0.25) is 0 Å². The lowest BCUT2D eigenvalue weighted by atomic mass is 10.1. The molecule has 7 nitrogen and oxygen atoms in total. The molecule has 3 heterocycles. The van der Waals surface area contributed by atoms with Crippen molar-refractivity contribution >= 4 is 29.9 Å². The summed E-state index contributed by atoms with van der Waals surface area (Å²) >= 11 is 0. The van der Waals surface area contributed by atoms with E-state index in [0.29, 0.717) is 6.54 Å². The highest BCUT2D eigenvalue weighted by atomic mass is 127. The number of nitrogens with zero attached hydrogens (tertiary/aromatic N) is 5. The molecule has 0 bridgehead atoms. The van der Waals surface area contributed by atoms with Gasteiger partial charge >= 0.3 is 0 Å². The minimum Gasteiger partial charge on any atom is -0.352 e. The van der Waals surface area contributed by atoms with Crippen LogP contribution in [0.5, 0.6) is 0 Å². The van der Waals surface area contributed by atoms with Crippen LogP contribution in [-0.4, -0.2) is 45.8 Å². The molecule has 2 aromatic heterocycles. The normalized spacial score (nSPS) is 14.3. The van der Waals surface area contributed by atoms with E-state index in [1.165, 1.54) is 37.1 Å². The van der Waals surface area contributed by atoms with Gasteiger partial charge in [0.05, 0.1) is 0 Å². The van der Waals surface area contributed by atoms with Gasteiger partial charge in [-0.3, -0.25) is 9.89 Å². The molecule has 0 aliphatic carbocycles. The van der Waals surface area contributed by atoms with Gasteiger partial charge in [-0.2, -0.15) is 5.10 Å². The van der Waals surface area contributed by atoms with Gasteiger partial charge in [0.25, 0.3) is 0 Å². The van der Waals surface area contributed by atoms with Crippen molar-refractivity contribution in [1.82, 2.24) is 30.3 Å². The van der Waals surface area contributed by atoms with Crippen molar-refractivity contribution in [3.8, 4) is 5.82 Å². The Kier molecular flexibility index (Phi) is 8.84.